The third kappa shape index (κ3) is 35.8. The van der Waals surface area contributed by atoms with Crippen molar-refractivity contribution in [3.8, 4) is 0 Å². The summed E-state index contributed by atoms with van der Waals surface area (Å²) in [5.74, 6) is 0. The smallest absolute Gasteiger partial charge is 0.231 e. The van der Waals surface area contributed by atoms with E-state index in [0.29, 0.717) is 0 Å². The molecule has 1 nitrogen and oxygen atoms in total. The summed E-state index contributed by atoms with van der Waals surface area (Å²) >= 11 is 8.29. The fourth-order valence-corrected chi connectivity index (χ4v) is 0. The van der Waals surface area contributed by atoms with E-state index < -0.39 is 2.33 Å². The van der Waals surface area contributed by atoms with Crippen LogP contribution in [0.2, 0.25) is 0 Å². The van der Waals surface area contributed by atoms with Gasteiger partial charge >= 0.3 is 0 Å². The number of alkyl halides is 3. The van der Waals surface area contributed by atoms with E-state index in [1.807, 2.05) is 0 Å². The molecule has 5 heteroatoms. The van der Waals surface area contributed by atoms with Gasteiger partial charge in [0.2, 0.25) is 2.33 Å². The van der Waals surface area contributed by atoms with Crippen molar-refractivity contribution >= 4 is 47.8 Å². The second-order valence-electron chi connectivity index (χ2n) is 0.468. The molecule has 36 valence electrons. The fourth-order valence-electron chi connectivity index (χ4n) is 0. The minimum absolute atomic E-state index is 0. The molecular weight excluding hydrogens is 316 g/mol. The van der Waals surface area contributed by atoms with Crippen molar-refractivity contribution in [2.45, 2.75) is 2.33 Å². The molecule has 1 N–H and O–H groups in total. The van der Waals surface area contributed by atoms with E-state index in [1.165, 1.54) is 0 Å². The third-order valence-electron chi connectivity index (χ3n) is 0. The topological polar surface area (TPSA) is 20.2 Å². The third-order valence-corrected chi connectivity index (χ3v) is 0. The van der Waals surface area contributed by atoms with Gasteiger partial charge in [-0.05, 0) is 47.8 Å². The van der Waals surface area contributed by atoms with Crippen molar-refractivity contribution in [1.29, 1.82) is 0 Å². The van der Waals surface area contributed by atoms with Crippen molar-refractivity contribution in [3.05, 3.63) is 0 Å². The maximum atomic E-state index is 8.27. The van der Waals surface area contributed by atoms with Gasteiger partial charge in [0.25, 0.3) is 0 Å². The summed E-state index contributed by atoms with van der Waals surface area (Å²) in [6, 6.07) is 0. The molecule has 0 bridgehead atoms. The Hall–Kier alpha value is 2.11. The fraction of sp³-hybridized carbons (Fsp3) is 1.00. The summed E-state index contributed by atoms with van der Waals surface area (Å²) in [5.41, 5.74) is 0. The number of halogens is 3. The molecule has 0 unspecified atom stereocenters. The SMILES string of the molecule is OC(Br)(Br)Br.[Ti]. The van der Waals surface area contributed by atoms with Crippen molar-refractivity contribution in [3.63, 3.8) is 0 Å². The molecule has 0 aliphatic carbocycles. The van der Waals surface area contributed by atoms with E-state index in [4.69, 9.17) is 5.11 Å². The standard InChI is InChI=1S/CHBr3O.Ti/c2-1(3,4)5;/h5H;. The molecule has 0 aromatic rings. The van der Waals surface area contributed by atoms with E-state index in [9.17, 15) is 0 Å². The number of aliphatic hydroxyl groups is 1. The van der Waals surface area contributed by atoms with E-state index in [-0.39, 0.29) is 21.7 Å². The number of hydrogen-bond acceptors (Lipinski definition) is 1. The first-order valence-electron chi connectivity index (χ1n) is 0.791. The second kappa shape index (κ2) is 4.04. The Morgan fingerprint density at radius 1 is 1.17 bits per heavy atom. The van der Waals surface area contributed by atoms with Gasteiger partial charge in [-0.15, -0.1) is 0 Å². The van der Waals surface area contributed by atoms with Crippen molar-refractivity contribution in [2.75, 3.05) is 0 Å². The van der Waals surface area contributed by atoms with Crippen molar-refractivity contribution < 1.29 is 26.8 Å². The summed E-state index contributed by atoms with van der Waals surface area (Å²) in [7, 11) is 0. The van der Waals surface area contributed by atoms with E-state index in [1.54, 1.807) is 0 Å². The Kier molecular flexibility index (Phi) is 7.40. The average Bonchev–Trinajstić information content (AvgIpc) is 0.722. The van der Waals surface area contributed by atoms with Crippen LogP contribution in [0, 0.1) is 0 Å². The van der Waals surface area contributed by atoms with Gasteiger partial charge in [0, 0.05) is 21.7 Å². The van der Waals surface area contributed by atoms with Gasteiger partial charge in [0.05, 0.1) is 0 Å². The monoisotopic (exact) mass is 314 g/mol. The van der Waals surface area contributed by atoms with Gasteiger partial charge in [-0.1, -0.05) is 0 Å². The Morgan fingerprint density at radius 3 is 1.17 bits per heavy atom. The zero-order chi connectivity index (χ0) is 4.50. The first-order chi connectivity index (χ1) is 2.00. The zero-order valence-corrected chi connectivity index (χ0v) is 8.90. The molecule has 0 aromatic heterocycles. The molecule has 0 spiro atoms. The predicted octanol–water partition coefficient (Wildman–Crippen LogP) is 1.77. The van der Waals surface area contributed by atoms with Gasteiger partial charge < -0.3 is 5.11 Å². The van der Waals surface area contributed by atoms with E-state index in [2.05, 4.69) is 47.8 Å². The van der Waals surface area contributed by atoms with E-state index in [0.717, 1.165) is 0 Å². The van der Waals surface area contributed by atoms with Gasteiger partial charge in [-0.25, -0.2) is 0 Å². The minimum atomic E-state index is -1.06. The molecule has 0 radical (unpaired) electrons. The molecule has 0 heterocycles. The second-order valence-corrected chi connectivity index (χ2v) is 7.10. The Labute approximate surface area is 76.1 Å². The van der Waals surface area contributed by atoms with Gasteiger partial charge in [-0.3, -0.25) is 0 Å². The molecule has 0 atom stereocenters. The molecule has 0 saturated heterocycles. The summed E-state index contributed by atoms with van der Waals surface area (Å²) in [6.07, 6.45) is 0. The van der Waals surface area contributed by atoms with Crippen molar-refractivity contribution in [2.24, 2.45) is 0 Å². The minimum Gasteiger partial charge on any atom is -0.361 e. The summed E-state index contributed by atoms with van der Waals surface area (Å²) < 4.78 is -1.06. The maximum Gasteiger partial charge on any atom is 0.231 e. The largest absolute Gasteiger partial charge is 0.361 e. The van der Waals surface area contributed by atoms with Crippen LogP contribution < -0.4 is 0 Å². The van der Waals surface area contributed by atoms with Crippen LogP contribution >= 0.6 is 47.8 Å². The number of rotatable bonds is 0. The molecule has 0 saturated carbocycles. The average molecular weight is 317 g/mol. The summed E-state index contributed by atoms with van der Waals surface area (Å²) in [4.78, 5) is 0. The normalized spacial score (nSPS) is 10.0. The van der Waals surface area contributed by atoms with Crippen LogP contribution in [-0.4, -0.2) is 7.44 Å². The van der Waals surface area contributed by atoms with Crippen LogP contribution in [-0.2, 0) is 21.7 Å². The van der Waals surface area contributed by atoms with Crippen LogP contribution in [0.3, 0.4) is 0 Å². The Morgan fingerprint density at radius 2 is 1.17 bits per heavy atom. The Bertz CT molecular complexity index is 26.3. The first-order valence-corrected chi connectivity index (χ1v) is 3.17. The van der Waals surface area contributed by atoms with Gasteiger partial charge in [0.15, 0.2) is 0 Å². The zero-order valence-electron chi connectivity index (χ0n) is 2.58. The quantitative estimate of drug-likeness (QED) is 0.533. The van der Waals surface area contributed by atoms with Crippen LogP contribution in [0.4, 0.5) is 0 Å². The molecule has 0 rings (SSSR count). The molecule has 0 aliphatic heterocycles. The predicted molar refractivity (Wildman–Crippen MR) is 31.7 cm³/mol. The number of hydrogen-bond donors (Lipinski definition) is 1. The van der Waals surface area contributed by atoms with E-state index >= 15 is 0 Å². The van der Waals surface area contributed by atoms with Crippen LogP contribution in [0.15, 0.2) is 0 Å². The van der Waals surface area contributed by atoms with Crippen LogP contribution in [0.5, 0.6) is 0 Å². The molecule has 0 fully saturated rings. The van der Waals surface area contributed by atoms with Crippen LogP contribution in [0.1, 0.15) is 0 Å². The molecule has 0 aromatic carbocycles. The molecule has 0 amide bonds. The van der Waals surface area contributed by atoms with Gasteiger partial charge in [0.1, 0.15) is 0 Å². The molecule has 6 heavy (non-hydrogen) atoms. The maximum absolute atomic E-state index is 8.27. The summed E-state index contributed by atoms with van der Waals surface area (Å²) in [6.45, 7) is 0. The Balaban J connectivity index is 0. The first kappa shape index (κ1) is 11.0. The molecule has 0 aliphatic rings. The van der Waals surface area contributed by atoms with Crippen LogP contribution in [0.25, 0.3) is 0 Å². The molecular formula is CHBr3OTi. The summed E-state index contributed by atoms with van der Waals surface area (Å²) in [5, 5.41) is 8.27. The van der Waals surface area contributed by atoms with Crippen molar-refractivity contribution in [1.82, 2.24) is 0 Å². The van der Waals surface area contributed by atoms with Gasteiger partial charge in [-0.2, -0.15) is 0 Å².